The molecule has 0 aliphatic rings. The summed E-state index contributed by atoms with van der Waals surface area (Å²) in [6.45, 7) is 0. The summed E-state index contributed by atoms with van der Waals surface area (Å²) in [5, 5.41) is 13.6. The fourth-order valence-electron chi connectivity index (χ4n) is 1.66. The second-order valence-corrected chi connectivity index (χ2v) is 4.61. The zero-order chi connectivity index (χ0) is 11.8. The van der Waals surface area contributed by atoms with Crippen molar-refractivity contribution in [3.05, 3.63) is 42.1 Å². The Kier molecular flexibility index (Phi) is 2.19. The van der Waals surface area contributed by atoms with Crippen molar-refractivity contribution in [2.24, 2.45) is 0 Å². The van der Waals surface area contributed by atoms with Crippen LogP contribution in [0, 0.1) is 0 Å². The van der Waals surface area contributed by atoms with E-state index in [2.05, 4.69) is 5.16 Å². The topological polar surface area (TPSA) is 63.3 Å². The van der Waals surface area contributed by atoms with Crippen LogP contribution in [0.5, 0.6) is 0 Å². The molecule has 0 unspecified atom stereocenters. The molecular weight excluding hydrogens is 238 g/mol. The maximum absolute atomic E-state index is 11.0. The van der Waals surface area contributed by atoms with E-state index in [0.717, 1.165) is 15.0 Å². The fourth-order valence-corrected chi connectivity index (χ4v) is 2.72. The van der Waals surface area contributed by atoms with Crippen LogP contribution in [0.4, 0.5) is 0 Å². The SMILES string of the molecule is O=C(O)c1cnoc1-c1cc2ccccc2s1. The van der Waals surface area contributed by atoms with E-state index in [1.54, 1.807) is 0 Å². The van der Waals surface area contributed by atoms with Gasteiger partial charge in [-0.3, -0.25) is 0 Å². The molecule has 0 amide bonds. The van der Waals surface area contributed by atoms with Crippen molar-refractivity contribution in [3.63, 3.8) is 0 Å². The smallest absolute Gasteiger partial charge is 0.341 e. The lowest BCUT2D eigenvalue weighted by Crippen LogP contribution is -1.94. The van der Waals surface area contributed by atoms with Crippen molar-refractivity contribution in [1.82, 2.24) is 5.16 Å². The number of fused-ring (bicyclic) bond motifs is 1. The van der Waals surface area contributed by atoms with E-state index in [1.807, 2.05) is 30.3 Å². The standard InChI is InChI=1S/C12H7NO3S/c14-12(15)8-6-13-16-11(8)10-5-7-3-1-2-4-9(7)17-10/h1-6H,(H,14,15). The summed E-state index contributed by atoms with van der Waals surface area (Å²) in [4.78, 5) is 11.8. The molecule has 17 heavy (non-hydrogen) atoms. The van der Waals surface area contributed by atoms with Crippen molar-refractivity contribution >= 4 is 27.4 Å². The summed E-state index contributed by atoms with van der Waals surface area (Å²) in [6.07, 6.45) is 1.22. The van der Waals surface area contributed by atoms with Gasteiger partial charge >= 0.3 is 5.97 Å². The van der Waals surface area contributed by atoms with Crippen LogP contribution in [-0.2, 0) is 0 Å². The van der Waals surface area contributed by atoms with Crippen LogP contribution in [-0.4, -0.2) is 16.2 Å². The van der Waals surface area contributed by atoms with Gasteiger partial charge in [-0.2, -0.15) is 0 Å². The lowest BCUT2D eigenvalue weighted by Gasteiger charge is -1.90. The van der Waals surface area contributed by atoms with Crippen molar-refractivity contribution in [2.75, 3.05) is 0 Å². The molecule has 1 aromatic carbocycles. The Balaban J connectivity index is 2.20. The Hall–Kier alpha value is -2.14. The minimum absolute atomic E-state index is 0.0940. The number of hydrogen-bond acceptors (Lipinski definition) is 4. The first-order valence-electron chi connectivity index (χ1n) is 4.92. The van der Waals surface area contributed by atoms with Gasteiger partial charge in [0.05, 0.1) is 11.1 Å². The average molecular weight is 245 g/mol. The number of nitrogens with zero attached hydrogens (tertiary/aromatic N) is 1. The predicted octanol–water partition coefficient (Wildman–Crippen LogP) is 3.25. The van der Waals surface area contributed by atoms with E-state index in [1.165, 1.54) is 17.5 Å². The van der Waals surface area contributed by atoms with Crippen LogP contribution in [0.15, 0.2) is 41.1 Å². The van der Waals surface area contributed by atoms with E-state index >= 15 is 0 Å². The summed E-state index contributed by atoms with van der Waals surface area (Å²) >= 11 is 1.49. The molecule has 4 nitrogen and oxygen atoms in total. The summed E-state index contributed by atoms with van der Waals surface area (Å²) in [5.74, 6) is -0.711. The molecule has 2 aromatic heterocycles. The third-order valence-electron chi connectivity index (χ3n) is 2.45. The maximum atomic E-state index is 11.0. The molecule has 0 atom stereocenters. The van der Waals surface area contributed by atoms with Gasteiger partial charge in [0.25, 0.3) is 0 Å². The van der Waals surface area contributed by atoms with E-state index in [0.29, 0.717) is 5.76 Å². The van der Waals surface area contributed by atoms with Gasteiger partial charge in [-0.15, -0.1) is 11.3 Å². The first kappa shape index (κ1) is 10.0. The van der Waals surface area contributed by atoms with E-state index in [-0.39, 0.29) is 5.56 Å². The summed E-state index contributed by atoms with van der Waals surface area (Å²) in [7, 11) is 0. The molecular formula is C12H7NO3S. The average Bonchev–Trinajstić information content (AvgIpc) is 2.95. The van der Waals surface area contributed by atoms with Gasteiger partial charge in [-0.1, -0.05) is 23.4 Å². The van der Waals surface area contributed by atoms with Crippen LogP contribution in [0.25, 0.3) is 20.7 Å². The number of thiophene rings is 1. The van der Waals surface area contributed by atoms with Crippen molar-refractivity contribution < 1.29 is 14.4 Å². The van der Waals surface area contributed by atoms with Gasteiger partial charge in [0.2, 0.25) is 0 Å². The number of aromatic nitrogens is 1. The molecule has 0 radical (unpaired) electrons. The highest BCUT2D eigenvalue weighted by molar-refractivity contribution is 7.22. The second-order valence-electron chi connectivity index (χ2n) is 3.52. The van der Waals surface area contributed by atoms with Crippen LogP contribution >= 0.6 is 11.3 Å². The molecule has 84 valence electrons. The molecule has 2 heterocycles. The zero-order valence-corrected chi connectivity index (χ0v) is 9.40. The van der Waals surface area contributed by atoms with Gasteiger partial charge in [0.1, 0.15) is 5.56 Å². The van der Waals surface area contributed by atoms with Crippen molar-refractivity contribution in [3.8, 4) is 10.6 Å². The Morgan fingerprint density at radius 3 is 2.94 bits per heavy atom. The highest BCUT2D eigenvalue weighted by Crippen LogP contribution is 2.34. The van der Waals surface area contributed by atoms with Gasteiger partial charge in [0.15, 0.2) is 5.76 Å². The molecule has 5 heteroatoms. The van der Waals surface area contributed by atoms with Crippen molar-refractivity contribution in [1.29, 1.82) is 0 Å². The Morgan fingerprint density at radius 2 is 2.18 bits per heavy atom. The molecule has 0 saturated heterocycles. The molecule has 1 N–H and O–H groups in total. The predicted molar refractivity (Wildman–Crippen MR) is 64.3 cm³/mol. The third-order valence-corrected chi connectivity index (χ3v) is 3.57. The maximum Gasteiger partial charge on any atom is 0.341 e. The van der Waals surface area contributed by atoms with E-state index in [4.69, 9.17) is 9.63 Å². The lowest BCUT2D eigenvalue weighted by atomic mass is 10.2. The number of rotatable bonds is 2. The molecule has 0 spiro atoms. The molecule has 0 bridgehead atoms. The highest BCUT2D eigenvalue weighted by Gasteiger charge is 2.18. The Morgan fingerprint density at radius 1 is 1.35 bits per heavy atom. The lowest BCUT2D eigenvalue weighted by molar-refractivity contribution is 0.0697. The first-order chi connectivity index (χ1) is 8.25. The Labute approximate surface area is 100 Å². The second kappa shape index (κ2) is 3.71. The number of carboxylic acid groups (broad SMARTS) is 1. The van der Waals surface area contributed by atoms with Crippen molar-refractivity contribution in [2.45, 2.75) is 0 Å². The highest BCUT2D eigenvalue weighted by atomic mass is 32.1. The number of carboxylic acids is 1. The zero-order valence-electron chi connectivity index (χ0n) is 8.58. The quantitative estimate of drug-likeness (QED) is 0.752. The molecule has 3 aromatic rings. The molecule has 3 rings (SSSR count). The normalized spacial score (nSPS) is 10.8. The first-order valence-corrected chi connectivity index (χ1v) is 5.74. The van der Waals surface area contributed by atoms with Gasteiger partial charge in [-0.05, 0) is 17.5 Å². The number of hydrogen-bond donors (Lipinski definition) is 1. The number of aromatic carboxylic acids is 1. The molecule has 0 saturated carbocycles. The summed E-state index contributed by atoms with van der Waals surface area (Å²) in [5.41, 5.74) is 0.0940. The van der Waals surface area contributed by atoms with Gasteiger partial charge in [0, 0.05) is 4.70 Å². The van der Waals surface area contributed by atoms with Gasteiger partial charge < -0.3 is 9.63 Å². The van der Waals surface area contributed by atoms with Gasteiger partial charge in [-0.25, -0.2) is 4.79 Å². The molecule has 0 fully saturated rings. The van der Waals surface area contributed by atoms with Crippen LogP contribution < -0.4 is 0 Å². The van der Waals surface area contributed by atoms with E-state index < -0.39 is 5.97 Å². The number of carbonyl (C=O) groups is 1. The minimum Gasteiger partial charge on any atom is -0.477 e. The minimum atomic E-state index is -1.03. The summed E-state index contributed by atoms with van der Waals surface area (Å²) in [6, 6.07) is 9.76. The van der Waals surface area contributed by atoms with E-state index in [9.17, 15) is 4.79 Å². The van der Waals surface area contributed by atoms with Crippen LogP contribution in [0.1, 0.15) is 10.4 Å². The largest absolute Gasteiger partial charge is 0.477 e. The Bertz CT molecular complexity index is 665. The third kappa shape index (κ3) is 1.60. The fraction of sp³-hybridized carbons (Fsp3) is 0. The molecule has 0 aliphatic carbocycles. The summed E-state index contributed by atoms with van der Waals surface area (Å²) < 4.78 is 6.11. The monoisotopic (exact) mass is 245 g/mol. The number of benzene rings is 1. The van der Waals surface area contributed by atoms with Crippen LogP contribution in [0.2, 0.25) is 0 Å². The molecule has 0 aliphatic heterocycles. The van der Waals surface area contributed by atoms with Crippen LogP contribution in [0.3, 0.4) is 0 Å².